The number of hydrogen-bond acceptors (Lipinski definition) is 5. The van der Waals surface area contributed by atoms with E-state index < -0.39 is 0 Å². The van der Waals surface area contributed by atoms with Gasteiger partial charge in [-0.2, -0.15) is 5.10 Å². The third-order valence-electron chi connectivity index (χ3n) is 5.03. The van der Waals surface area contributed by atoms with Crippen molar-refractivity contribution < 1.29 is 0 Å². The molecule has 28 heavy (non-hydrogen) atoms. The second-order valence-electron chi connectivity index (χ2n) is 7.21. The number of thiazole rings is 1. The summed E-state index contributed by atoms with van der Waals surface area (Å²) in [5.41, 5.74) is 7.60. The van der Waals surface area contributed by atoms with E-state index >= 15 is 0 Å². The SMILES string of the molecule is C(=NNc1nc(-c2ccccc2)cs1)c1ccc(CN2CCCCCC2)cc1. The van der Waals surface area contributed by atoms with E-state index in [9.17, 15) is 0 Å². The Balaban J connectivity index is 1.30. The van der Waals surface area contributed by atoms with E-state index in [1.807, 2.05) is 29.8 Å². The molecule has 3 aromatic rings. The second-order valence-corrected chi connectivity index (χ2v) is 8.06. The molecule has 1 aliphatic rings. The lowest BCUT2D eigenvalue weighted by Gasteiger charge is -2.19. The van der Waals surface area contributed by atoms with E-state index in [0.717, 1.165) is 28.5 Å². The Hall–Kier alpha value is -2.50. The van der Waals surface area contributed by atoms with Gasteiger partial charge in [-0.15, -0.1) is 11.3 Å². The summed E-state index contributed by atoms with van der Waals surface area (Å²) in [7, 11) is 0. The van der Waals surface area contributed by atoms with Gasteiger partial charge in [0.05, 0.1) is 11.9 Å². The summed E-state index contributed by atoms with van der Waals surface area (Å²) < 4.78 is 0. The summed E-state index contributed by atoms with van der Waals surface area (Å²) in [6, 6.07) is 18.9. The van der Waals surface area contributed by atoms with E-state index in [4.69, 9.17) is 0 Å². The summed E-state index contributed by atoms with van der Waals surface area (Å²) in [5.74, 6) is 0. The van der Waals surface area contributed by atoms with Crippen LogP contribution in [0, 0.1) is 0 Å². The highest BCUT2D eigenvalue weighted by Gasteiger charge is 2.09. The van der Waals surface area contributed by atoms with Crippen LogP contribution < -0.4 is 5.43 Å². The fraction of sp³-hybridized carbons (Fsp3) is 0.304. The molecule has 2 aromatic carbocycles. The van der Waals surface area contributed by atoms with Crippen molar-refractivity contribution in [3.63, 3.8) is 0 Å². The number of nitrogens with one attached hydrogen (secondary N) is 1. The van der Waals surface area contributed by atoms with Gasteiger partial charge in [0.2, 0.25) is 5.13 Å². The van der Waals surface area contributed by atoms with Crippen molar-refractivity contribution in [1.82, 2.24) is 9.88 Å². The Kier molecular flexibility index (Phi) is 6.48. The van der Waals surface area contributed by atoms with Crippen LogP contribution in [0.4, 0.5) is 5.13 Å². The number of benzene rings is 2. The molecule has 1 aromatic heterocycles. The fourth-order valence-corrected chi connectivity index (χ4v) is 4.16. The van der Waals surface area contributed by atoms with Crippen molar-refractivity contribution in [2.45, 2.75) is 32.2 Å². The Labute approximate surface area is 170 Å². The van der Waals surface area contributed by atoms with Gasteiger partial charge < -0.3 is 0 Å². The van der Waals surface area contributed by atoms with Crippen molar-refractivity contribution >= 4 is 22.7 Å². The van der Waals surface area contributed by atoms with E-state index in [2.05, 4.69) is 56.8 Å². The summed E-state index contributed by atoms with van der Waals surface area (Å²) in [4.78, 5) is 7.16. The third-order valence-corrected chi connectivity index (χ3v) is 5.78. The van der Waals surface area contributed by atoms with Crippen molar-refractivity contribution in [2.24, 2.45) is 5.10 Å². The highest BCUT2D eigenvalue weighted by atomic mass is 32.1. The molecule has 0 radical (unpaired) electrons. The first-order valence-corrected chi connectivity index (χ1v) is 10.9. The Bertz CT molecular complexity index is 878. The molecule has 0 bridgehead atoms. The van der Waals surface area contributed by atoms with E-state index in [1.165, 1.54) is 44.3 Å². The molecule has 0 aliphatic carbocycles. The molecule has 0 spiro atoms. The number of rotatable bonds is 6. The average Bonchev–Trinajstić information content (AvgIpc) is 3.06. The van der Waals surface area contributed by atoms with E-state index in [-0.39, 0.29) is 0 Å². The largest absolute Gasteiger partial charge is 0.299 e. The van der Waals surface area contributed by atoms with Gasteiger partial charge in [-0.05, 0) is 37.1 Å². The number of aromatic nitrogens is 1. The summed E-state index contributed by atoms with van der Waals surface area (Å²) in [6.07, 6.45) is 7.27. The van der Waals surface area contributed by atoms with Gasteiger partial charge in [-0.25, -0.2) is 4.98 Å². The zero-order valence-corrected chi connectivity index (χ0v) is 16.9. The number of likely N-dealkylation sites (tertiary alicyclic amines) is 1. The molecule has 144 valence electrons. The number of hydrogen-bond donors (Lipinski definition) is 1. The van der Waals surface area contributed by atoms with Crippen LogP contribution >= 0.6 is 11.3 Å². The molecule has 4 nitrogen and oxygen atoms in total. The molecule has 0 saturated carbocycles. The van der Waals surface area contributed by atoms with Crippen molar-refractivity contribution in [1.29, 1.82) is 0 Å². The van der Waals surface area contributed by atoms with Crippen LogP contribution in [0.2, 0.25) is 0 Å². The molecule has 0 amide bonds. The van der Waals surface area contributed by atoms with Crippen LogP contribution in [0.5, 0.6) is 0 Å². The van der Waals surface area contributed by atoms with Gasteiger partial charge in [0.1, 0.15) is 0 Å². The quantitative estimate of drug-likeness (QED) is 0.438. The standard InChI is InChI=1S/C23H26N4S/c1-2-7-15-27(14-6-1)17-20-12-10-19(11-13-20)16-24-26-23-25-22(18-28-23)21-8-4-3-5-9-21/h3-5,8-13,16,18H,1-2,6-7,14-15,17H2,(H,25,26). The van der Waals surface area contributed by atoms with Crippen molar-refractivity contribution in [3.05, 3.63) is 71.1 Å². The molecule has 0 unspecified atom stereocenters. The van der Waals surface area contributed by atoms with Crippen LogP contribution in [-0.2, 0) is 6.54 Å². The maximum absolute atomic E-state index is 4.59. The molecule has 1 saturated heterocycles. The van der Waals surface area contributed by atoms with Crippen LogP contribution in [-0.4, -0.2) is 29.2 Å². The Morgan fingerprint density at radius 2 is 1.71 bits per heavy atom. The Morgan fingerprint density at radius 3 is 2.46 bits per heavy atom. The number of nitrogens with zero attached hydrogens (tertiary/aromatic N) is 3. The van der Waals surface area contributed by atoms with Gasteiger partial charge in [-0.3, -0.25) is 10.3 Å². The topological polar surface area (TPSA) is 40.5 Å². The monoisotopic (exact) mass is 390 g/mol. The minimum Gasteiger partial charge on any atom is -0.299 e. The van der Waals surface area contributed by atoms with E-state index in [1.54, 1.807) is 11.3 Å². The molecular formula is C23H26N4S. The van der Waals surface area contributed by atoms with Gasteiger partial charge >= 0.3 is 0 Å². The normalized spacial score (nSPS) is 15.6. The summed E-state index contributed by atoms with van der Waals surface area (Å²) >= 11 is 1.56. The maximum Gasteiger partial charge on any atom is 0.203 e. The van der Waals surface area contributed by atoms with Crippen molar-refractivity contribution in [2.75, 3.05) is 18.5 Å². The van der Waals surface area contributed by atoms with Crippen LogP contribution in [0.3, 0.4) is 0 Å². The molecule has 1 N–H and O–H groups in total. The van der Waals surface area contributed by atoms with Crippen LogP contribution in [0.25, 0.3) is 11.3 Å². The molecule has 5 heteroatoms. The average molecular weight is 391 g/mol. The lowest BCUT2D eigenvalue weighted by molar-refractivity contribution is 0.277. The predicted molar refractivity (Wildman–Crippen MR) is 119 cm³/mol. The number of hydrazone groups is 1. The molecule has 0 atom stereocenters. The minimum atomic E-state index is 0.799. The molecule has 4 rings (SSSR count). The van der Waals surface area contributed by atoms with Gasteiger partial charge in [0, 0.05) is 17.5 Å². The van der Waals surface area contributed by atoms with Crippen LogP contribution in [0.15, 0.2) is 65.1 Å². The molecular weight excluding hydrogens is 364 g/mol. The highest BCUT2D eigenvalue weighted by Crippen LogP contribution is 2.24. The first-order chi connectivity index (χ1) is 13.9. The fourth-order valence-electron chi connectivity index (χ4n) is 3.49. The predicted octanol–water partition coefficient (Wildman–Crippen LogP) is 5.63. The zero-order valence-electron chi connectivity index (χ0n) is 16.1. The maximum atomic E-state index is 4.59. The molecule has 1 fully saturated rings. The first-order valence-electron chi connectivity index (χ1n) is 9.98. The molecule has 2 heterocycles. The third kappa shape index (κ3) is 5.27. The van der Waals surface area contributed by atoms with E-state index in [0.29, 0.717) is 0 Å². The number of anilines is 1. The summed E-state index contributed by atoms with van der Waals surface area (Å²) in [6.45, 7) is 3.51. The Morgan fingerprint density at radius 1 is 0.964 bits per heavy atom. The van der Waals surface area contributed by atoms with Gasteiger partial charge in [-0.1, -0.05) is 67.4 Å². The smallest absolute Gasteiger partial charge is 0.203 e. The van der Waals surface area contributed by atoms with Crippen molar-refractivity contribution in [3.8, 4) is 11.3 Å². The first kappa shape index (κ1) is 18.8. The second kappa shape index (κ2) is 9.62. The van der Waals surface area contributed by atoms with Gasteiger partial charge in [0.25, 0.3) is 0 Å². The summed E-state index contributed by atoms with van der Waals surface area (Å²) in [5, 5.41) is 7.18. The highest BCUT2D eigenvalue weighted by molar-refractivity contribution is 7.14. The lowest BCUT2D eigenvalue weighted by atomic mass is 10.1. The minimum absolute atomic E-state index is 0.799. The van der Waals surface area contributed by atoms with Gasteiger partial charge in [0.15, 0.2) is 0 Å². The lowest BCUT2D eigenvalue weighted by Crippen LogP contribution is -2.23. The van der Waals surface area contributed by atoms with Crippen LogP contribution in [0.1, 0.15) is 36.8 Å². The molecule has 1 aliphatic heterocycles. The zero-order chi connectivity index (χ0) is 19.0.